The third-order valence-electron chi connectivity index (χ3n) is 1.91. The molecule has 0 aromatic heterocycles. The lowest BCUT2D eigenvalue weighted by Crippen LogP contribution is -2.19. The van der Waals surface area contributed by atoms with Crippen LogP contribution in [0.25, 0.3) is 0 Å². The van der Waals surface area contributed by atoms with E-state index in [9.17, 15) is 0 Å². The number of hydrogen-bond donors (Lipinski definition) is 1. The first kappa shape index (κ1) is 6.81. The number of nitrogens with two attached hydrogens (primary N) is 1. The van der Waals surface area contributed by atoms with Crippen LogP contribution in [-0.2, 0) is 0 Å². The molecule has 0 aromatic carbocycles. The van der Waals surface area contributed by atoms with Crippen molar-refractivity contribution in [3.05, 3.63) is 11.6 Å². The van der Waals surface area contributed by atoms with Gasteiger partial charge in [0.25, 0.3) is 0 Å². The molecular formula is C8H15N. The Morgan fingerprint density at radius 2 is 2.33 bits per heavy atom. The fourth-order valence-corrected chi connectivity index (χ4v) is 1.28. The zero-order valence-corrected chi connectivity index (χ0v) is 6.06. The van der Waals surface area contributed by atoms with Crippen LogP contribution < -0.4 is 5.73 Å². The second-order valence-electron chi connectivity index (χ2n) is 2.81. The molecule has 0 heterocycles. The monoisotopic (exact) mass is 125 g/mol. The summed E-state index contributed by atoms with van der Waals surface area (Å²) >= 11 is 0. The summed E-state index contributed by atoms with van der Waals surface area (Å²) < 4.78 is 0. The summed E-state index contributed by atoms with van der Waals surface area (Å²) in [5.41, 5.74) is 7.16. The highest BCUT2D eigenvalue weighted by molar-refractivity contribution is 5.10. The normalized spacial score (nSPS) is 23.1. The summed E-state index contributed by atoms with van der Waals surface area (Å²) in [6.07, 6.45) is 7.48. The Labute approximate surface area is 56.9 Å². The van der Waals surface area contributed by atoms with Crippen molar-refractivity contribution in [3.8, 4) is 0 Å². The van der Waals surface area contributed by atoms with Gasteiger partial charge in [-0.25, -0.2) is 0 Å². The molecular weight excluding hydrogens is 110 g/mol. The van der Waals surface area contributed by atoms with E-state index in [1.54, 1.807) is 0 Å². The van der Waals surface area contributed by atoms with Crippen LogP contribution >= 0.6 is 0 Å². The average molecular weight is 125 g/mol. The van der Waals surface area contributed by atoms with Gasteiger partial charge in [0.1, 0.15) is 0 Å². The summed E-state index contributed by atoms with van der Waals surface area (Å²) in [5.74, 6) is 0. The minimum absolute atomic E-state index is 0.297. The molecule has 0 aliphatic heterocycles. The SMILES string of the molecule is C[C@H](N)C1=CCCCC1. The first-order chi connectivity index (χ1) is 4.30. The van der Waals surface area contributed by atoms with Crippen molar-refractivity contribution in [2.45, 2.75) is 38.6 Å². The van der Waals surface area contributed by atoms with Crippen molar-refractivity contribution in [1.82, 2.24) is 0 Å². The molecule has 0 amide bonds. The van der Waals surface area contributed by atoms with Gasteiger partial charge in [-0.1, -0.05) is 11.6 Å². The minimum atomic E-state index is 0.297. The predicted octanol–water partition coefficient (Wildman–Crippen LogP) is 1.83. The highest BCUT2D eigenvalue weighted by Gasteiger charge is 2.05. The second-order valence-corrected chi connectivity index (χ2v) is 2.81. The first-order valence-electron chi connectivity index (χ1n) is 3.75. The van der Waals surface area contributed by atoms with Crippen LogP contribution in [0.1, 0.15) is 32.6 Å². The number of rotatable bonds is 1. The topological polar surface area (TPSA) is 26.0 Å². The zero-order chi connectivity index (χ0) is 6.69. The molecule has 1 nitrogen and oxygen atoms in total. The lowest BCUT2D eigenvalue weighted by Gasteiger charge is -2.15. The van der Waals surface area contributed by atoms with E-state index in [1.165, 1.54) is 31.3 Å². The van der Waals surface area contributed by atoms with Gasteiger partial charge >= 0.3 is 0 Å². The van der Waals surface area contributed by atoms with E-state index in [-0.39, 0.29) is 0 Å². The maximum absolute atomic E-state index is 5.70. The molecule has 2 N–H and O–H groups in total. The van der Waals surface area contributed by atoms with Gasteiger partial charge in [0.2, 0.25) is 0 Å². The van der Waals surface area contributed by atoms with E-state index in [0.717, 1.165) is 0 Å². The molecule has 1 atom stereocenters. The molecule has 0 fully saturated rings. The van der Waals surface area contributed by atoms with Gasteiger partial charge < -0.3 is 5.73 Å². The molecule has 52 valence electrons. The number of hydrogen-bond acceptors (Lipinski definition) is 1. The van der Waals surface area contributed by atoms with Gasteiger partial charge in [0, 0.05) is 6.04 Å². The zero-order valence-electron chi connectivity index (χ0n) is 6.06. The van der Waals surface area contributed by atoms with Crippen LogP contribution in [0.4, 0.5) is 0 Å². The second kappa shape index (κ2) is 3.02. The van der Waals surface area contributed by atoms with Crippen LogP contribution in [-0.4, -0.2) is 6.04 Å². The van der Waals surface area contributed by atoms with Gasteiger partial charge in [-0.2, -0.15) is 0 Å². The highest BCUT2D eigenvalue weighted by Crippen LogP contribution is 2.18. The Morgan fingerprint density at radius 1 is 1.56 bits per heavy atom. The standard InChI is InChI=1S/C8H15N/c1-7(9)8-5-3-2-4-6-8/h5,7H,2-4,6,9H2,1H3/t7-/m0/s1. The van der Waals surface area contributed by atoms with Gasteiger partial charge in [0.05, 0.1) is 0 Å². The molecule has 0 unspecified atom stereocenters. The molecule has 9 heavy (non-hydrogen) atoms. The summed E-state index contributed by atoms with van der Waals surface area (Å²) in [6, 6.07) is 0.297. The van der Waals surface area contributed by atoms with E-state index >= 15 is 0 Å². The van der Waals surface area contributed by atoms with Crippen LogP contribution in [0.5, 0.6) is 0 Å². The molecule has 1 heteroatoms. The molecule has 0 bridgehead atoms. The van der Waals surface area contributed by atoms with Crippen molar-refractivity contribution in [2.75, 3.05) is 0 Å². The summed E-state index contributed by atoms with van der Waals surface area (Å²) in [7, 11) is 0. The van der Waals surface area contributed by atoms with Gasteiger partial charge in [-0.15, -0.1) is 0 Å². The van der Waals surface area contributed by atoms with Crippen molar-refractivity contribution in [1.29, 1.82) is 0 Å². The van der Waals surface area contributed by atoms with Crippen molar-refractivity contribution in [3.63, 3.8) is 0 Å². The van der Waals surface area contributed by atoms with Crippen LogP contribution in [0, 0.1) is 0 Å². The first-order valence-corrected chi connectivity index (χ1v) is 3.75. The van der Waals surface area contributed by atoms with Crippen LogP contribution in [0.3, 0.4) is 0 Å². The van der Waals surface area contributed by atoms with Crippen LogP contribution in [0.15, 0.2) is 11.6 Å². The minimum Gasteiger partial charge on any atom is -0.324 e. The largest absolute Gasteiger partial charge is 0.324 e. The van der Waals surface area contributed by atoms with E-state index in [4.69, 9.17) is 5.73 Å². The Bertz CT molecular complexity index is 114. The number of allylic oxidation sites excluding steroid dienone is 1. The Morgan fingerprint density at radius 3 is 2.67 bits per heavy atom. The fraction of sp³-hybridized carbons (Fsp3) is 0.750. The molecule has 0 saturated heterocycles. The van der Waals surface area contributed by atoms with Crippen LogP contribution in [0.2, 0.25) is 0 Å². The Kier molecular flexibility index (Phi) is 2.29. The molecule has 0 aromatic rings. The smallest absolute Gasteiger partial charge is 0.0224 e. The maximum Gasteiger partial charge on any atom is 0.0224 e. The molecule has 0 saturated carbocycles. The van der Waals surface area contributed by atoms with Gasteiger partial charge in [-0.3, -0.25) is 0 Å². The third-order valence-corrected chi connectivity index (χ3v) is 1.91. The maximum atomic E-state index is 5.70. The third kappa shape index (κ3) is 1.83. The lowest BCUT2D eigenvalue weighted by molar-refractivity contribution is 0.654. The average Bonchev–Trinajstić information content (AvgIpc) is 1.90. The summed E-state index contributed by atoms with van der Waals surface area (Å²) in [6.45, 7) is 2.07. The van der Waals surface area contributed by atoms with Crippen molar-refractivity contribution in [2.24, 2.45) is 5.73 Å². The molecule has 1 aliphatic rings. The molecule has 0 radical (unpaired) electrons. The summed E-state index contributed by atoms with van der Waals surface area (Å²) in [4.78, 5) is 0. The Hall–Kier alpha value is -0.300. The van der Waals surface area contributed by atoms with E-state index in [0.29, 0.717) is 6.04 Å². The van der Waals surface area contributed by atoms with E-state index in [2.05, 4.69) is 13.0 Å². The van der Waals surface area contributed by atoms with Crippen molar-refractivity contribution >= 4 is 0 Å². The lowest BCUT2D eigenvalue weighted by atomic mass is 9.95. The van der Waals surface area contributed by atoms with E-state index < -0.39 is 0 Å². The predicted molar refractivity (Wildman–Crippen MR) is 40.2 cm³/mol. The van der Waals surface area contributed by atoms with Crippen molar-refractivity contribution < 1.29 is 0 Å². The van der Waals surface area contributed by atoms with E-state index in [1.807, 2.05) is 0 Å². The molecule has 1 aliphatic carbocycles. The molecule has 1 rings (SSSR count). The van der Waals surface area contributed by atoms with Gasteiger partial charge in [0.15, 0.2) is 0 Å². The fourth-order valence-electron chi connectivity index (χ4n) is 1.28. The highest BCUT2D eigenvalue weighted by atomic mass is 14.6. The Balaban J connectivity index is 2.46. The van der Waals surface area contributed by atoms with Gasteiger partial charge in [-0.05, 0) is 32.6 Å². The molecule has 0 spiro atoms. The quantitative estimate of drug-likeness (QED) is 0.532. The summed E-state index contributed by atoms with van der Waals surface area (Å²) in [5, 5.41) is 0.